The van der Waals surface area contributed by atoms with Crippen LogP contribution >= 0.6 is 0 Å². The molecule has 0 aromatic carbocycles. The zero-order chi connectivity index (χ0) is 10.6. The van der Waals surface area contributed by atoms with E-state index in [0.717, 1.165) is 25.7 Å². The third-order valence-corrected chi connectivity index (χ3v) is 4.23. The Balaban J connectivity index is 2.49. The van der Waals surface area contributed by atoms with Gasteiger partial charge < -0.3 is 5.73 Å². The Hall–Kier alpha value is -0.130. The average molecular weight is 220 g/mol. The first-order valence-corrected chi connectivity index (χ1v) is 6.96. The van der Waals surface area contributed by atoms with Gasteiger partial charge in [-0.2, -0.15) is 0 Å². The van der Waals surface area contributed by atoms with Crippen LogP contribution in [0.4, 0.5) is 0 Å². The quantitative estimate of drug-likeness (QED) is 0.728. The molecule has 5 heteroatoms. The van der Waals surface area contributed by atoms with Crippen LogP contribution in [0.2, 0.25) is 0 Å². The van der Waals surface area contributed by atoms with E-state index in [1.807, 2.05) is 6.92 Å². The largest absolute Gasteiger partial charge is 0.326 e. The van der Waals surface area contributed by atoms with Crippen molar-refractivity contribution in [3.8, 4) is 0 Å². The molecule has 1 aliphatic carbocycles. The topological polar surface area (TPSA) is 72.2 Å². The molecule has 14 heavy (non-hydrogen) atoms. The molecule has 1 fully saturated rings. The van der Waals surface area contributed by atoms with Crippen LogP contribution in [0.25, 0.3) is 0 Å². The highest BCUT2D eigenvalue weighted by Gasteiger charge is 2.25. The minimum absolute atomic E-state index is 0.00428. The van der Waals surface area contributed by atoms with E-state index in [9.17, 15) is 8.42 Å². The Morgan fingerprint density at radius 1 is 1.36 bits per heavy atom. The second-order valence-electron chi connectivity index (χ2n) is 3.99. The van der Waals surface area contributed by atoms with Crippen LogP contribution in [0.15, 0.2) is 0 Å². The summed E-state index contributed by atoms with van der Waals surface area (Å²) in [5, 5.41) is 0. The highest BCUT2D eigenvalue weighted by atomic mass is 32.2. The van der Waals surface area contributed by atoms with Crippen LogP contribution in [-0.2, 0) is 10.0 Å². The predicted octanol–water partition coefficient (Wildman–Crippen LogP) is 0.586. The summed E-state index contributed by atoms with van der Waals surface area (Å²) >= 11 is 0. The predicted molar refractivity (Wildman–Crippen MR) is 57.4 cm³/mol. The molecule has 0 spiro atoms. The van der Waals surface area contributed by atoms with Gasteiger partial charge in [0.2, 0.25) is 10.0 Å². The molecular formula is C9H20N2O2S. The van der Waals surface area contributed by atoms with E-state index in [2.05, 4.69) is 4.72 Å². The third-order valence-electron chi connectivity index (χ3n) is 2.62. The van der Waals surface area contributed by atoms with Gasteiger partial charge in [0.15, 0.2) is 0 Å². The van der Waals surface area contributed by atoms with E-state index in [4.69, 9.17) is 5.73 Å². The number of sulfonamides is 1. The zero-order valence-corrected chi connectivity index (χ0v) is 9.52. The molecule has 84 valence electrons. The summed E-state index contributed by atoms with van der Waals surface area (Å²) in [4.78, 5) is 0. The maximum atomic E-state index is 11.5. The molecule has 0 aromatic heterocycles. The lowest BCUT2D eigenvalue weighted by atomic mass is 9.92. The molecule has 4 nitrogen and oxygen atoms in total. The van der Waals surface area contributed by atoms with Gasteiger partial charge in [0.25, 0.3) is 0 Å². The highest BCUT2D eigenvalue weighted by molar-refractivity contribution is 7.89. The number of nitrogens with one attached hydrogen (secondary N) is 1. The van der Waals surface area contributed by atoms with Gasteiger partial charge in [-0.05, 0) is 19.3 Å². The summed E-state index contributed by atoms with van der Waals surface area (Å²) in [6.45, 7) is 1.86. The molecule has 0 heterocycles. The lowest BCUT2D eigenvalue weighted by molar-refractivity contribution is 0.361. The lowest BCUT2D eigenvalue weighted by Gasteiger charge is -2.28. The van der Waals surface area contributed by atoms with Gasteiger partial charge in [0.05, 0.1) is 5.75 Å². The van der Waals surface area contributed by atoms with Crippen LogP contribution < -0.4 is 10.5 Å². The SMILES string of the molecule is CCCS(=O)(=O)NC1CCCCC1N. The minimum Gasteiger partial charge on any atom is -0.326 e. The van der Waals surface area contributed by atoms with Crippen LogP contribution in [0.3, 0.4) is 0 Å². The van der Waals surface area contributed by atoms with Gasteiger partial charge >= 0.3 is 0 Å². The number of rotatable bonds is 4. The van der Waals surface area contributed by atoms with Gasteiger partial charge in [-0.15, -0.1) is 0 Å². The molecular weight excluding hydrogens is 200 g/mol. The first-order chi connectivity index (χ1) is 6.55. The van der Waals surface area contributed by atoms with Gasteiger partial charge in [-0.25, -0.2) is 13.1 Å². The van der Waals surface area contributed by atoms with Crippen LogP contribution in [0.1, 0.15) is 39.0 Å². The molecule has 3 N–H and O–H groups in total. The molecule has 2 atom stereocenters. The summed E-state index contributed by atoms with van der Waals surface area (Å²) in [5.74, 6) is 0.205. The van der Waals surface area contributed by atoms with Gasteiger partial charge in [0.1, 0.15) is 0 Å². The van der Waals surface area contributed by atoms with Crippen molar-refractivity contribution in [2.75, 3.05) is 5.75 Å². The van der Waals surface area contributed by atoms with E-state index >= 15 is 0 Å². The maximum Gasteiger partial charge on any atom is 0.211 e. The Morgan fingerprint density at radius 2 is 2.00 bits per heavy atom. The van der Waals surface area contributed by atoms with Gasteiger partial charge in [-0.3, -0.25) is 0 Å². The monoisotopic (exact) mass is 220 g/mol. The Kier molecular flexibility index (Phi) is 4.34. The van der Waals surface area contributed by atoms with Crippen LogP contribution in [0, 0.1) is 0 Å². The lowest BCUT2D eigenvalue weighted by Crippen LogP contribution is -2.49. The summed E-state index contributed by atoms with van der Waals surface area (Å²) in [6, 6.07) is -0.0457. The normalized spacial score (nSPS) is 29.0. The van der Waals surface area contributed by atoms with Crippen LogP contribution in [-0.4, -0.2) is 26.3 Å². The third kappa shape index (κ3) is 3.55. The Bertz CT molecular complexity index is 264. The maximum absolute atomic E-state index is 11.5. The molecule has 2 unspecified atom stereocenters. The number of hydrogen-bond acceptors (Lipinski definition) is 3. The van der Waals surface area contributed by atoms with E-state index in [0.29, 0.717) is 6.42 Å². The van der Waals surface area contributed by atoms with Crippen molar-refractivity contribution < 1.29 is 8.42 Å². The van der Waals surface area contributed by atoms with Crippen LogP contribution in [0.5, 0.6) is 0 Å². The molecule has 1 rings (SSSR count). The first kappa shape index (κ1) is 11.9. The van der Waals surface area contributed by atoms with E-state index in [1.54, 1.807) is 0 Å². The molecule has 0 aromatic rings. The molecule has 0 saturated heterocycles. The van der Waals surface area contributed by atoms with Crippen molar-refractivity contribution in [2.24, 2.45) is 5.73 Å². The van der Waals surface area contributed by atoms with E-state index in [-0.39, 0.29) is 17.8 Å². The van der Waals surface area contributed by atoms with E-state index < -0.39 is 10.0 Å². The standard InChI is InChI=1S/C9H20N2O2S/c1-2-7-14(12,13)11-9-6-4-3-5-8(9)10/h8-9,11H,2-7,10H2,1H3. The molecule has 0 amide bonds. The first-order valence-electron chi connectivity index (χ1n) is 5.31. The smallest absolute Gasteiger partial charge is 0.211 e. The summed E-state index contributed by atoms with van der Waals surface area (Å²) in [6.07, 6.45) is 4.65. The van der Waals surface area contributed by atoms with Crippen molar-refractivity contribution >= 4 is 10.0 Å². The number of nitrogens with two attached hydrogens (primary N) is 1. The zero-order valence-electron chi connectivity index (χ0n) is 8.70. The highest BCUT2D eigenvalue weighted by Crippen LogP contribution is 2.17. The average Bonchev–Trinajstić information content (AvgIpc) is 2.08. The fourth-order valence-electron chi connectivity index (χ4n) is 1.86. The molecule has 1 saturated carbocycles. The summed E-state index contributed by atoms with van der Waals surface area (Å²) in [7, 11) is -3.09. The van der Waals surface area contributed by atoms with Crippen molar-refractivity contribution in [1.29, 1.82) is 0 Å². The van der Waals surface area contributed by atoms with Crippen molar-refractivity contribution in [3.63, 3.8) is 0 Å². The molecule has 0 aliphatic heterocycles. The van der Waals surface area contributed by atoms with Crippen molar-refractivity contribution in [2.45, 2.75) is 51.1 Å². The fourth-order valence-corrected chi connectivity index (χ4v) is 3.27. The van der Waals surface area contributed by atoms with Gasteiger partial charge in [0, 0.05) is 12.1 Å². The molecule has 0 bridgehead atoms. The number of hydrogen-bond donors (Lipinski definition) is 2. The second kappa shape index (κ2) is 5.09. The van der Waals surface area contributed by atoms with Gasteiger partial charge in [-0.1, -0.05) is 19.8 Å². The Morgan fingerprint density at radius 3 is 2.57 bits per heavy atom. The fraction of sp³-hybridized carbons (Fsp3) is 1.00. The van der Waals surface area contributed by atoms with Crippen molar-refractivity contribution in [1.82, 2.24) is 4.72 Å². The molecule has 1 aliphatic rings. The summed E-state index contributed by atoms with van der Waals surface area (Å²) in [5.41, 5.74) is 5.86. The summed E-state index contributed by atoms with van der Waals surface area (Å²) < 4.78 is 25.6. The molecule has 0 radical (unpaired) electrons. The second-order valence-corrected chi connectivity index (χ2v) is 5.86. The van der Waals surface area contributed by atoms with Crippen molar-refractivity contribution in [3.05, 3.63) is 0 Å². The Labute approximate surface area is 86.3 Å². The minimum atomic E-state index is -3.09. The van der Waals surface area contributed by atoms with E-state index in [1.165, 1.54) is 0 Å².